The molecule has 0 aliphatic carbocycles. The Morgan fingerprint density at radius 2 is 1.83 bits per heavy atom. The van der Waals surface area contributed by atoms with Crippen LogP contribution < -0.4 is 9.47 Å². The van der Waals surface area contributed by atoms with Crippen molar-refractivity contribution in [1.29, 1.82) is 0 Å². The van der Waals surface area contributed by atoms with Gasteiger partial charge in [0.1, 0.15) is 13.2 Å². The molecule has 0 bridgehead atoms. The van der Waals surface area contributed by atoms with Gasteiger partial charge in [0, 0.05) is 23.7 Å². The van der Waals surface area contributed by atoms with Crippen LogP contribution in [0.15, 0.2) is 34.9 Å². The van der Waals surface area contributed by atoms with Crippen molar-refractivity contribution in [1.82, 2.24) is 9.88 Å². The zero-order valence-corrected chi connectivity index (χ0v) is 17.8. The number of pyridine rings is 1. The number of carbonyl (C=O) groups is 1. The molecule has 158 valence electrons. The molecule has 2 aliphatic heterocycles. The molecule has 0 unspecified atom stereocenters. The highest BCUT2D eigenvalue weighted by Crippen LogP contribution is 2.33. The number of ketones is 1. The van der Waals surface area contributed by atoms with E-state index in [1.807, 2.05) is 19.2 Å². The Kier molecular flexibility index (Phi) is 5.97. The summed E-state index contributed by atoms with van der Waals surface area (Å²) in [6.45, 7) is 5.97. The summed E-state index contributed by atoms with van der Waals surface area (Å²) in [5.41, 5.74) is 3.12. The second-order valence-electron chi connectivity index (χ2n) is 7.75. The highest BCUT2D eigenvalue weighted by atomic mass is 35.5. The lowest BCUT2D eigenvalue weighted by atomic mass is 10.1. The van der Waals surface area contributed by atoms with Gasteiger partial charge in [-0.15, -0.1) is 12.4 Å². The fraction of sp³-hybridized carbons (Fsp3) is 0.391. The van der Waals surface area contributed by atoms with E-state index in [0.29, 0.717) is 41.6 Å². The Bertz CT molecular complexity index is 1070. The van der Waals surface area contributed by atoms with Crippen molar-refractivity contribution in [3.8, 4) is 11.5 Å². The second kappa shape index (κ2) is 8.66. The quantitative estimate of drug-likeness (QED) is 0.568. The van der Waals surface area contributed by atoms with Gasteiger partial charge in [-0.05, 0) is 62.7 Å². The predicted octanol–water partition coefficient (Wildman–Crippen LogP) is 4.55. The summed E-state index contributed by atoms with van der Waals surface area (Å²) in [5, 5.41) is 0.976. The average Bonchev–Trinajstić information content (AvgIpc) is 3.22. The molecule has 1 saturated heterocycles. The molecule has 0 atom stereocenters. The Balaban J connectivity index is 0.00000218. The molecule has 2 aliphatic rings. The second-order valence-corrected chi connectivity index (χ2v) is 7.75. The van der Waals surface area contributed by atoms with Crippen LogP contribution in [-0.2, 0) is 6.54 Å². The lowest BCUT2D eigenvalue weighted by molar-refractivity contribution is 0.101. The molecule has 0 amide bonds. The topological polar surface area (TPSA) is 64.8 Å². The van der Waals surface area contributed by atoms with Gasteiger partial charge in [0.05, 0.1) is 5.69 Å². The summed E-state index contributed by atoms with van der Waals surface area (Å²) < 4.78 is 17.1. The molecule has 2 aromatic heterocycles. The standard InChI is InChI=1S/C23H24N2O4.ClH/c1-15-23-18(17(13-24-15)14-25-7-3-2-4-8-25)12-21(29-23)22(26)16-5-6-19-20(11-16)28-10-9-27-19;/h5-6,11-13H,2-4,7-10,14H2,1H3;1H. The Hall–Kier alpha value is -2.57. The monoisotopic (exact) mass is 428 g/mol. The summed E-state index contributed by atoms with van der Waals surface area (Å²) in [5.74, 6) is 1.43. The Labute approximate surface area is 181 Å². The third-order valence-corrected chi connectivity index (χ3v) is 5.69. The zero-order valence-electron chi connectivity index (χ0n) is 17.0. The summed E-state index contributed by atoms with van der Waals surface area (Å²) in [7, 11) is 0. The van der Waals surface area contributed by atoms with Crippen LogP contribution in [-0.4, -0.2) is 42.0 Å². The van der Waals surface area contributed by atoms with Crippen LogP contribution in [0.2, 0.25) is 0 Å². The van der Waals surface area contributed by atoms with Crippen molar-refractivity contribution < 1.29 is 18.7 Å². The number of nitrogens with zero attached hydrogens (tertiary/aromatic N) is 2. The number of ether oxygens (including phenoxy) is 2. The molecular weight excluding hydrogens is 404 g/mol. The van der Waals surface area contributed by atoms with Gasteiger partial charge in [0.25, 0.3) is 0 Å². The maximum Gasteiger partial charge on any atom is 0.228 e. The van der Waals surface area contributed by atoms with Gasteiger partial charge in [-0.1, -0.05) is 6.42 Å². The molecule has 3 aromatic rings. The van der Waals surface area contributed by atoms with Crippen molar-refractivity contribution in [2.24, 2.45) is 0 Å². The number of hydrogen-bond donors (Lipinski definition) is 0. The molecule has 4 heterocycles. The number of hydrogen-bond acceptors (Lipinski definition) is 6. The number of piperidine rings is 1. The van der Waals surface area contributed by atoms with Crippen LogP contribution in [0.5, 0.6) is 11.5 Å². The number of aryl methyl sites for hydroxylation is 1. The van der Waals surface area contributed by atoms with Crippen LogP contribution >= 0.6 is 12.4 Å². The first-order valence-corrected chi connectivity index (χ1v) is 10.2. The summed E-state index contributed by atoms with van der Waals surface area (Å²) in [6, 6.07) is 7.12. The van der Waals surface area contributed by atoms with Crippen molar-refractivity contribution in [2.75, 3.05) is 26.3 Å². The van der Waals surface area contributed by atoms with Crippen molar-refractivity contribution in [3.63, 3.8) is 0 Å². The smallest absolute Gasteiger partial charge is 0.228 e. The van der Waals surface area contributed by atoms with Gasteiger partial charge < -0.3 is 13.9 Å². The third-order valence-electron chi connectivity index (χ3n) is 5.69. The molecule has 6 nitrogen and oxygen atoms in total. The van der Waals surface area contributed by atoms with Crippen LogP contribution in [0.3, 0.4) is 0 Å². The van der Waals surface area contributed by atoms with E-state index in [0.717, 1.165) is 36.3 Å². The molecule has 0 saturated carbocycles. The maximum atomic E-state index is 13.1. The molecular formula is C23H25ClN2O4. The summed E-state index contributed by atoms with van der Waals surface area (Å²) in [6.07, 6.45) is 5.70. The van der Waals surface area contributed by atoms with E-state index in [1.54, 1.807) is 18.2 Å². The van der Waals surface area contributed by atoms with Crippen molar-refractivity contribution in [3.05, 3.63) is 53.0 Å². The lowest BCUT2D eigenvalue weighted by Gasteiger charge is -2.26. The number of rotatable bonds is 4. The summed E-state index contributed by atoms with van der Waals surface area (Å²) in [4.78, 5) is 20.0. The van der Waals surface area contributed by atoms with Crippen LogP contribution in [0.1, 0.15) is 46.6 Å². The van der Waals surface area contributed by atoms with Gasteiger partial charge in [-0.3, -0.25) is 14.7 Å². The van der Waals surface area contributed by atoms with Gasteiger partial charge in [0.15, 0.2) is 22.8 Å². The fourth-order valence-electron chi connectivity index (χ4n) is 4.12. The van der Waals surface area contributed by atoms with E-state index in [9.17, 15) is 4.79 Å². The molecule has 0 N–H and O–H groups in total. The molecule has 30 heavy (non-hydrogen) atoms. The Morgan fingerprint density at radius 3 is 2.63 bits per heavy atom. The Morgan fingerprint density at radius 1 is 1.07 bits per heavy atom. The highest BCUT2D eigenvalue weighted by molar-refractivity contribution is 6.09. The number of furan rings is 1. The third kappa shape index (κ3) is 3.89. The molecule has 7 heteroatoms. The largest absolute Gasteiger partial charge is 0.486 e. The first kappa shape index (κ1) is 20.7. The van der Waals surface area contributed by atoms with E-state index < -0.39 is 0 Å². The molecule has 1 aromatic carbocycles. The van der Waals surface area contributed by atoms with Gasteiger partial charge in [-0.25, -0.2) is 0 Å². The SMILES string of the molecule is Cc1ncc(CN2CCCCC2)c2cc(C(=O)c3ccc4c(c3)OCCO4)oc12.Cl. The van der Waals surface area contributed by atoms with E-state index in [1.165, 1.54) is 19.3 Å². The number of halogens is 1. The lowest BCUT2D eigenvalue weighted by Crippen LogP contribution is -2.29. The van der Waals surface area contributed by atoms with Crippen LogP contribution in [0.4, 0.5) is 0 Å². The minimum Gasteiger partial charge on any atom is -0.486 e. The van der Waals surface area contributed by atoms with Crippen LogP contribution in [0, 0.1) is 6.92 Å². The predicted molar refractivity (Wildman–Crippen MR) is 116 cm³/mol. The minimum atomic E-state index is -0.165. The van der Waals surface area contributed by atoms with Crippen molar-refractivity contribution >= 4 is 29.2 Å². The molecule has 1 fully saturated rings. The number of aromatic nitrogens is 1. The van der Waals surface area contributed by atoms with Crippen molar-refractivity contribution in [2.45, 2.75) is 32.7 Å². The number of benzene rings is 1. The first-order valence-electron chi connectivity index (χ1n) is 10.2. The maximum absolute atomic E-state index is 13.1. The number of likely N-dealkylation sites (tertiary alicyclic amines) is 1. The minimum absolute atomic E-state index is 0. The first-order chi connectivity index (χ1) is 14.2. The average molecular weight is 429 g/mol. The summed E-state index contributed by atoms with van der Waals surface area (Å²) >= 11 is 0. The fourth-order valence-corrected chi connectivity index (χ4v) is 4.12. The number of carbonyl (C=O) groups excluding carboxylic acids is 1. The van der Waals surface area contributed by atoms with Gasteiger partial charge in [0.2, 0.25) is 5.78 Å². The van der Waals surface area contributed by atoms with Gasteiger partial charge in [-0.2, -0.15) is 0 Å². The van der Waals surface area contributed by atoms with E-state index in [2.05, 4.69) is 9.88 Å². The van der Waals surface area contributed by atoms with E-state index in [-0.39, 0.29) is 18.2 Å². The molecule has 5 rings (SSSR count). The normalized spacial score (nSPS) is 16.3. The molecule has 0 spiro atoms. The number of fused-ring (bicyclic) bond motifs is 2. The highest BCUT2D eigenvalue weighted by Gasteiger charge is 2.21. The van der Waals surface area contributed by atoms with Gasteiger partial charge >= 0.3 is 0 Å². The van der Waals surface area contributed by atoms with E-state index in [4.69, 9.17) is 13.9 Å². The van der Waals surface area contributed by atoms with E-state index >= 15 is 0 Å². The van der Waals surface area contributed by atoms with Crippen LogP contribution in [0.25, 0.3) is 11.0 Å². The zero-order chi connectivity index (χ0) is 19.8. The molecule has 0 radical (unpaired) electrons.